The van der Waals surface area contributed by atoms with Gasteiger partial charge in [-0.3, -0.25) is 4.79 Å². The number of carbonyl (C=O) groups is 1. The van der Waals surface area contributed by atoms with Crippen molar-refractivity contribution >= 4 is 23.0 Å². The van der Waals surface area contributed by atoms with Crippen LogP contribution in [0, 0.1) is 0 Å². The standard InChI is InChI=1S/C20H22F3N3O/c1-25(16-7-3-2-4-8-16)14-19(27)24-17-13-15(20(21,22)23)9-10-18(17)26-11-5-6-12-26/h2-4,7-10,13H,5-6,11-12,14H2,1H3,(H,24,27). The van der Waals surface area contributed by atoms with Crippen molar-refractivity contribution in [2.75, 3.05) is 41.8 Å². The molecule has 1 aliphatic heterocycles. The number of carbonyl (C=O) groups excluding carboxylic acids is 1. The Morgan fingerprint density at radius 3 is 2.41 bits per heavy atom. The van der Waals surface area contributed by atoms with Crippen LogP contribution in [0.2, 0.25) is 0 Å². The molecule has 2 aromatic rings. The van der Waals surface area contributed by atoms with E-state index < -0.39 is 11.7 Å². The van der Waals surface area contributed by atoms with Crippen molar-refractivity contribution in [1.29, 1.82) is 0 Å². The Bertz CT molecular complexity index is 787. The normalized spacial score (nSPS) is 14.3. The largest absolute Gasteiger partial charge is 0.416 e. The first-order valence-electron chi connectivity index (χ1n) is 8.87. The summed E-state index contributed by atoms with van der Waals surface area (Å²) in [7, 11) is 1.77. The second-order valence-electron chi connectivity index (χ2n) is 6.66. The van der Waals surface area contributed by atoms with Crippen molar-refractivity contribution < 1.29 is 18.0 Å². The molecular formula is C20H22F3N3O. The van der Waals surface area contributed by atoms with E-state index >= 15 is 0 Å². The van der Waals surface area contributed by atoms with Crippen LogP contribution < -0.4 is 15.1 Å². The first kappa shape index (κ1) is 19.1. The van der Waals surface area contributed by atoms with Gasteiger partial charge >= 0.3 is 6.18 Å². The molecule has 0 aromatic heterocycles. The lowest BCUT2D eigenvalue weighted by Crippen LogP contribution is -2.31. The molecule has 0 aliphatic carbocycles. The number of rotatable bonds is 5. The Morgan fingerprint density at radius 2 is 1.78 bits per heavy atom. The Hall–Kier alpha value is -2.70. The third kappa shape index (κ3) is 4.72. The second-order valence-corrected chi connectivity index (χ2v) is 6.66. The molecule has 0 spiro atoms. The molecular weight excluding hydrogens is 355 g/mol. The van der Waals surface area contributed by atoms with Crippen molar-refractivity contribution in [3.05, 3.63) is 54.1 Å². The van der Waals surface area contributed by atoms with Crippen molar-refractivity contribution in [3.63, 3.8) is 0 Å². The molecule has 1 aliphatic rings. The fourth-order valence-corrected chi connectivity index (χ4v) is 3.23. The molecule has 3 rings (SSSR count). The lowest BCUT2D eigenvalue weighted by atomic mass is 10.1. The monoisotopic (exact) mass is 377 g/mol. The average Bonchev–Trinajstić information content (AvgIpc) is 3.16. The summed E-state index contributed by atoms with van der Waals surface area (Å²) in [6, 6.07) is 12.9. The minimum atomic E-state index is -4.45. The van der Waals surface area contributed by atoms with Gasteiger partial charge in [-0.05, 0) is 43.2 Å². The van der Waals surface area contributed by atoms with Gasteiger partial charge in [0.25, 0.3) is 0 Å². The van der Waals surface area contributed by atoms with Gasteiger partial charge in [0, 0.05) is 25.8 Å². The van der Waals surface area contributed by atoms with E-state index in [0.29, 0.717) is 5.69 Å². The van der Waals surface area contributed by atoms with Crippen molar-refractivity contribution in [2.24, 2.45) is 0 Å². The molecule has 144 valence electrons. The summed E-state index contributed by atoms with van der Waals surface area (Å²) >= 11 is 0. The molecule has 0 saturated carbocycles. The summed E-state index contributed by atoms with van der Waals surface area (Å²) in [5, 5.41) is 2.68. The van der Waals surface area contributed by atoms with E-state index in [-0.39, 0.29) is 18.1 Å². The number of anilines is 3. The van der Waals surface area contributed by atoms with E-state index in [1.807, 2.05) is 35.2 Å². The van der Waals surface area contributed by atoms with Crippen molar-refractivity contribution in [3.8, 4) is 0 Å². The van der Waals surface area contributed by atoms with E-state index in [1.165, 1.54) is 6.07 Å². The molecule has 1 amide bonds. The van der Waals surface area contributed by atoms with E-state index in [4.69, 9.17) is 0 Å². The van der Waals surface area contributed by atoms with Gasteiger partial charge in [-0.2, -0.15) is 13.2 Å². The molecule has 1 heterocycles. The van der Waals surface area contributed by atoms with Crippen molar-refractivity contribution in [2.45, 2.75) is 19.0 Å². The van der Waals surface area contributed by atoms with E-state index in [9.17, 15) is 18.0 Å². The van der Waals surface area contributed by atoms with Crippen LogP contribution in [0.4, 0.5) is 30.2 Å². The lowest BCUT2D eigenvalue weighted by molar-refractivity contribution is -0.137. The maximum absolute atomic E-state index is 13.1. The Kier molecular flexibility index (Phi) is 5.58. The molecule has 27 heavy (non-hydrogen) atoms. The van der Waals surface area contributed by atoms with Crippen molar-refractivity contribution in [1.82, 2.24) is 0 Å². The first-order chi connectivity index (χ1) is 12.8. The first-order valence-corrected chi connectivity index (χ1v) is 8.87. The van der Waals surface area contributed by atoms with Gasteiger partial charge in [-0.25, -0.2) is 0 Å². The summed E-state index contributed by atoms with van der Waals surface area (Å²) in [4.78, 5) is 16.2. The predicted molar refractivity (Wildman–Crippen MR) is 101 cm³/mol. The fourth-order valence-electron chi connectivity index (χ4n) is 3.23. The number of likely N-dealkylation sites (N-methyl/N-ethyl adjacent to an activating group) is 1. The molecule has 0 unspecified atom stereocenters. The highest BCUT2D eigenvalue weighted by atomic mass is 19.4. The average molecular weight is 377 g/mol. The Morgan fingerprint density at radius 1 is 1.11 bits per heavy atom. The summed E-state index contributed by atoms with van der Waals surface area (Å²) in [5.41, 5.74) is 0.933. The van der Waals surface area contributed by atoms with Gasteiger partial charge in [0.05, 0.1) is 23.5 Å². The molecule has 2 aromatic carbocycles. The Labute approximate surface area is 156 Å². The molecule has 1 N–H and O–H groups in total. The summed E-state index contributed by atoms with van der Waals surface area (Å²) in [6.07, 6.45) is -2.47. The highest BCUT2D eigenvalue weighted by molar-refractivity contribution is 5.97. The van der Waals surface area contributed by atoms with Gasteiger partial charge in [-0.15, -0.1) is 0 Å². The SMILES string of the molecule is CN(CC(=O)Nc1cc(C(F)(F)F)ccc1N1CCCC1)c1ccccc1. The molecule has 7 heteroatoms. The topological polar surface area (TPSA) is 35.6 Å². The maximum Gasteiger partial charge on any atom is 0.416 e. The minimum absolute atomic E-state index is 0.0414. The van der Waals surface area contributed by atoms with Crippen LogP contribution in [0.3, 0.4) is 0 Å². The number of benzene rings is 2. The van der Waals surface area contributed by atoms with Crippen LogP contribution in [0.1, 0.15) is 18.4 Å². The molecule has 1 saturated heterocycles. The summed E-state index contributed by atoms with van der Waals surface area (Å²) in [6.45, 7) is 1.59. The zero-order chi connectivity index (χ0) is 19.4. The van der Waals surface area contributed by atoms with Gasteiger partial charge in [-0.1, -0.05) is 18.2 Å². The van der Waals surface area contributed by atoms with Crippen LogP contribution in [-0.2, 0) is 11.0 Å². The van der Waals surface area contributed by atoms with E-state index in [0.717, 1.165) is 43.8 Å². The van der Waals surface area contributed by atoms with Crippen LogP contribution >= 0.6 is 0 Å². The zero-order valence-electron chi connectivity index (χ0n) is 15.1. The third-order valence-electron chi connectivity index (χ3n) is 4.62. The zero-order valence-corrected chi connectivity index (χ0v) is 15.1. The smallest absolute Gasteiger partial charge is 0.370 e. The van der Waals surface area contributed by atoms with Crippen LogP contribution in [-0.4, -0.2) is 32.6 Å². The molecule has 0 radical (unpaired) electrons. The molecule has 4 nitrogen and oxygen atoms in total. The number of hydrogen-bond donors (Lipinski definition) is 1. The number of nitrogens with one attached hydrogen (secondary N) is 1. The number of hydrogen-bond acceptors (Lipinski definition) is 3. The summed E-state index contributed by atoms with van der Waals surface area (Å²) in [5.74, 6) is -0.360. The van der Waals surface area contributed by atoms with E-state index in [2.05, 4.69) is 5.32 Å². The van der Waals surface area contributed by atoms with Crippen LogP contribution in [0.25, 0.3) is 0 Å². The maximum atomic E-state index is 13.1. The van der Waals surface area contributed by atoms with Gasteiger partial charge < -0.3 is 15.1 Å². The third-order valence-corrected chi connectivity index (χ3v) is 4.62. The fraction of sp³-hybridized carbons (Fsp3) is 0.350. The summed E-state index contributed by atoms with van der Waals surface area (Å²) < 4.78 is 39.3. The van der Waals surface area contributed by atoms with Crippen LogP contribution in [0.5, 0.6) is 0 Å². The number of alkyl halides is 3. The quantitative estimate of drug-likeness (QED) is 0.840. The molecule has 1 fully saturated rings. The predicted octanol–water partition coefficient (Wildman–Crippen LogP) is 4.38. The van der Waals surface area contributed by atoms with Gasteiger partial charge in [0.2, 0.25) is 5.91 Å². The Balaban J connectivity index is 1.79. The highest BCUT2D eigenvalue weighted by Gasteiger charge is 2.32. The number of amides is 1. The number of halogens is 3. The minimum Gasteiger partial charge on any atom is -0.370 e. The van der Waals surface area contributed by atoms with Gasteiger partial charge in [0.15, 0.2) is 0 Å². The van der Waals surface area contributed by atoms with Gasteiger partial charge in [0.1, 0.15) is 0 Å². The number of nitrogens with zero attached hydrogens (tertiary/aromatic N) is 2. The van der Waals surface area contributed by atoms with E-state index in [1.54, 1.807) is 11.9 Å². The lowest BCUT2D eigenvalue weighted by Gasteiger charge is -2.24. The number of para-hydroxylation sites is 1. The van der Waals surface area contributed by atoms with Crippen LogP contribution in [0.15, 0.2) is 48.5 Å². The molecule has 0 atom stereocenters. The molecule has 0 bridgehead atoms. The highest BCUT2D eigenvalue weighted by Crippen LogP contribution is 2.36. The second kappa shape index (κ2) is 7.90.